The molecule has 5 rings (SSSR count). The highest BCUT2D eigenvalue weighted by Gasteiger charge is 2.48. The Hall–Kier alpha value is -3.80. The van der Waals surface area contributed by atoms with Crippen LogP contribution in [-0.2, 0) is 11.2 Å². The van der Waals surface area contributed by atoms with E-state index in [2.05, 4.69) is 11.4 Å². The van der Waals surface area contributed by atoms with Gasteiger partial charge in [-0.25, -0.2) is 0 Å². The van der Waals surface area contributed by atoms with Crippen LogP contribution in [-0.4, -0.2) is 43.5 Å². The van der Waals surface area contributed by atoms with Crippen molar-refractivity contribution in [2.24, 2.45) is 0 Å². The van der Waals surface area contributed by atoms with Gasteiger partial charge in [0.15, 0.2) is 11.5 Å². The Labute approximate surface area is 212 Å². The zero-order valence-corrected chi connectivity index (χ0v) is 21.0. The first kappa shape index (κ1) is 23.9. The van der Waals surface area contributed by atoms with Crippen LogP contribution < -0.4 is 14.8 Å². The van der Waals surface area contributed by atoms with Crippen LogP contribution in [0.4, 0.5) is 0 Å². The van der Waals surface area contributed by atoms with E-state index in [1.165, 1.54) is 0 Å². The Morgan fingerprint density at radius 1 is 0.972 bits per heavy atom. The van der Waals surface area contributed by atoms with E-state index in [0.29, 0.717) is 30.0 Å². The van der Waals surface area contributed by atoms with Gasteiger partial charge in [-0.15, -0.1) is 0 Å². The SMILES string of the molecule is COc1ccc(CCNC(=O)C2c3ccccc3C(=O)N(C3CC3)C2c2cccc(C)c2)cc1OC. The minimum Gasteiger partial charge on any atom is -0.493 e. The first-order chi connectivity index (χ1) is 17.5. The van der Waals surface area contributed by atoms with Gasteiger partial charge >= 0.3 is 0 Å². The molecule has 186 valence electrons. The normalized spacial score (nSPS) is 19.0. The molecule has 0 bridgehead atoms. The number of ether oxygens (including phenoxy) is 2. The number of hydrogen-bond donors (Lipinski definition) is 1. The second-order valence-corrected chi connectivity index (χ2v) is 9.60. The van der Waals surface area contributed by atoms with Crippen LogP contribution in [0.5, 0.6) is 11.5 Å². The third-order valence-electron chi connectivity index (χ3n) is 7.14. The topological polar surface area (TPSA) is 67.9 Å². The number of aryl methyl sites for hydroxylation is 1. The summed E-state index contributed by atoms with van der Waals surface area (Å²) in [5.74, 6) is 0.823. The van der Waals surface area contributed by atoms with Gasteiger partial charge in [0.1, 0.15) is 0 Å². The lowest BCUT2D eigenvalue weighted by Crippen LogP contribution is -2.48. The zero-order valence-electron chi connectivity index (χ0n) is 21.0. The van der Waals surface area contributed by atoms with Gasteiger partial charge in [0.05, 0.1) is 26.2 Å². The fourth-order valence-corrected chi connectivity index (χ4v) is 5.27. The lowest BCUT2D eigenvalue weighted by atomic mass is 9.78. The lowest BCUT2D eigenvalue weighted by Gasteiger charge is -2.42. The molecule has 2 amide bonds. The molecule has 1 heterocycles. The molecule has 3 aromatic rings. The molecule has 2 atom stereocenters. The van der Waals surface area contributed by atoms with Crippen molar-refractivity contribution in [2.45, 2.75) is 44.2 Å². The van der Waals surface area contributed by atoms with Gasteiger partial charge in [0, 0.05) is 18.2 Å². The van der Waals surface area contributed by atoms with Gasteiger partial charge < -0.3 is 19.7 Å². The maximum absolute atomic E-state index is 13.8. The number of carbonyl (C=O) groups is 2. The van der Waals surface area contributed by atoms with Crippen molar-refractivity contribution in [2.75, 3.05) is 20.8 Å². The number of nitrogens with zero attached hydrogens (tertiary/aromatic N) is 1. The highest BCUT2D eigenvalue weighted by Crippen LogP contribution is 2.47. The lowest BCUT2D eigenvalue weighted by molar-refractivity contribution is -0.124. The molecule has 36 heavy (non-hydrogen) atoms. The number of nitrogens with one attached hydrogen (secondary N) is 1. The van der Waals surface area contributed by atoms with Crippen LogP contribution in [0.3, 0.4) is 0 Å². The van der Waals surface area contributed by atoms with E-state index < -0.39 is 5.92 Å². The molecular weight excluding hydrogens is 452 g/mol. The number of hydrogen-bond acceptors (Lipinski definition) is 4. The maximum Gasteiger partial charge on any atom is 0.254 e. The molecule has 1 aliphatic carbocycles. The van der Waals surface area contributed by atoms with Crippen molar-refractivity contribution >= 4 is 11.8 Å². The highest BCUT2D eigenvalue weighted by molar-refractivity contribution is 6.01. The summed E-state index contributed by atoms with van der Waals surface area (Å²) in [5.41, 5.74) is 4.59. The second kappa shape index (κ2) is 10.1. The Morgan fingerprint density at radius 3 is 2.47 bits per heavy atom. The number of methoxy groups -OCH3 is 2. The predicted octanol–water partition coefficient (Wildman–Crippen LogP) is 4.81. The van der Waals surface area contributed by atoms with Gasteiger partial charge in [-0.1, -0.05) is 54.1 Å². The van der Waals surface area contributed by atoms with E-state index in [0.717, 1.165) is 35.1 Å². The Balaban J connectivity index is 1.44. The summed E-state index contributed by atoms with van der Waals surface area (Å²) in [6, 6.07) is 21.4. The molecule has 3 aromatic carbocycles. The van der Waals surface area contributed by atoms with E-state index in [1.54, 1.807) is 14.2 Å². The summed E-state index contributed by atoms with van der Waals surface area (Å²) in [7, 11) is 3.22. The fourth-order valence-electron chi connectivity index (χ4n) is 5.27. The van der Waals surface area contributed by atoms with Crippen molar-refractivity contribution < 1.29 is 19.1 Å². The fraction of sp³-hybridized carbons (Fsp3) is 0.333. The molecule has 0 radical (unpaired) electrons. The van der Waals surface area contributed by atoms with E-state index in [1.807, 2.05) is 72.5 Å². The Kier molecular flexibility index (Phi) is 6.68. The van der Waals surface area contributed by atoms with Crippen molar-refractivity contribution in [1.82, 2.24) is 10.2 Å². The van der Waals surface area contributed by atoms with Crippen LogP contribution in [0.1, 0.15) is 57.4 Å². The van der Waals surface area contributed by atoms with E-state index in [9.17, 15) is 9.59 Å². The van der Waals surface area contributed by atoms with Crippen LogP contribution >= 0.6 is 0 Å². The molecule has 1 N–H and O–H groups in total. The standard InChI is InChI=1S/C30H32N2O4/c1-19-7-6-8-21(17-19)28-27(23-9-4-5-10-24(23)30(34)32(28)22-12-13-22)29(33)31-16-15-20-11-14-25(35-2)26(18-20)36-3/h4-11,14,17-18,22,27-28H,12-13,15-16H2,1-3H3,(H,31,33). The first-order valence-electron chi connectivity index (χ1n) is 12.5. The molecule has 1 fully saturated rings. The van der Waals surface area contributed by atoms with Gasteiger partial charge in [-0.2, -0.15) is 0 Å². The van der Waals surface area contributed by atoms with Gasteiger partial charge in [0.2, 0.25) is 5.91 Å². The number of fused-ring (bicyclic) bond motifs is 1. The number of benzene rings is 3. The average molecular weight is 485 g/mol. The minimum atomic E-state index is -0.480. The summed E-state index contributed by atoms with van der Waals surface area (Å²) >= 11 is 0. The summed E-state index contributed by atoms with van der Waals surface area (Å²) in [6.45, 7) is 2.52. The van der Waals surface area contributed by atoms with Crippen molar-refractivity contribution in [1.29, 1.82) is 0 Å². The van der Waals surface area contributed by atoms with Crippen LogP contribution in [0.2, 0.25) is 0 Å². The van der Waals surface area contributed by atoms with E-state index in [-0.39, 0.29) is 23.9 Å². The van der Waals surface area contributed by atoms with Gasteiger partial charge in [-0.3, -0.25) is 9.59 Å². The van der Waals surface area contributed by atoms with Gasteiger partial charge in [0.25, 0.3) is 5.91 Å². The maximum atomic E-state index is 13.8. The van der Waals surface area contributed by atoms with Crippen molar-refractivity contribution in [3.63, 3.8) is 0 Å². The largest absolute Gasteiger partial charge is 0.493 e. The summed E-state index contributed by atoms with van der Waals surface area (Å²) < 4.78 is 10.7. The zero-order chi connectivity index (χ0) is 25.2. The smallest absolute Gasteiger partial charge is 0.254 e. The molecule has 0 saturated heterocycles. The van der Waals surface area contributed by atoms with Crippen LogP contribution in [0.25, 0.3) is 0 Å². The molecule has 0 aromatic heterocycles. The Bertz CT molecular complexity index is 1280. The first-order valence-corrected chi connectivity index (χ1v) is 12.5. The second-order valence-electron chi connectivity index (χ2n) is 9.60. The van der Waals surface area contributed by atoms with E-state index in [4.69, 9.17) is 9.47 Å². The summed E-state index contributed by atoms with van der Waals surface area (Å²) in [6.07, 6.45) is 2.61. The Morgan fingerprint density at radius 2 is 1.75 bits per heavy atom. The summed E-state index contributed by atoms with van der Waals surface area (Å²) in [4.78, 5) is 29.4. The monoisotopic (exact) mass is 484 g/mol. The van der Waals surface area contributed by atoms with Crippen molar-refractivity contribution in [3.8, 4) is 11.5 Å². The average Bonchev–Trinajstić information content (AvgIpc) is 3.73. The minimum absolute atomic E-state index is 0.0222. The van der Waals surface area contributed by atoms with Crippen LogP contribution in [0.15, 0.2) is 66.7 Å². The molecule has 6 heteroatoms. The molecule has 1 saturated carbocycles. The highest BCUT2D eigenvalue weighted by atomic mass is 16.5. The number of amides is 2. The van der Waals surface area contributed by atoms with Gasteiger partial charge in [-0.05, 0) is 61.1 Å². The predicted molar refractivity (Wildman–Crippen MR) is 139 cm³/mol. The number of rotatable bonds is 8. The third-order valence-corrected chi connectivity index (χ3v) is 7.14. The summed E-state index contributed by atoms with van der Waals surface area (Å²) in [5, 5.41) is 3.17. The molecule has 0 spiro atoms. The van der Waals surface area contributed by atoms with Crippen molar-refractivity contribution in [3.05, 3.63) is 94.5 Å². The molecule has 6 nitrogen and oxygen atoms in total. The third kappa shape index (κ3) is 4.55. The number of carbonyl (C=O) groups excluding carboxylic acids is 2. The van der Waals surface area contributed by atoms with E-state index >= 15 is 0 Å². The molecule has 2 unspecified atom stereocenters. The molecular formula is C30H32N2O4. The molecule has 2 aliphatic rings. The molecule has 1 aliphatic heterocycles. The quantitative estimate of drug-likeness (QED) is 0.498. The van der Waals surface area contributed by atoms with Crippen LogP contribution in [0, 0.1) is 6.92 Å².